The Bertz CT molecular complexity index is 1260. The van der Waals surface area contributed by atoms with Gasteiger partial charge >= 0.3 is 0 Å². The molecule has 7 nitrogen and oxygen atoms in total. The smallest absolute Gasteiger partial charge is 0.251 e. The maximum Gasteiger partial charge on any atom is 0.251 e. The number of hydrogen-bond donors (Lipinski definition) is 2. The second-order valence-electron chi connectivity index (χ2n) is 8.36. The number of carbonyl (C=O) groups excluding carboxylic acids is 1. The molecule has 1 fully saturated rings. The third-order valence-corrected chi connectivity index (χ3v) is 6.07. The zero-order valence-electron chi connectivity index (χ0n) is 18.6. The number of fused-ring (bicyclic) bond motifs is 1. The van der Waals surface area contributed by atoms with Crippen LogP contribution in [0.1, 0.15) is 42.5 Å². The fraction of sp³-hybridized carbons (Fsp3) is 0.269. The Hall–Kier alpha value is -3.87. The molecule has 4 aromatic rings. The lowest BCUT2D eigenvalue weighted by Crippen LogP contribution is -2.36. The largest absolute Gasteiger partial charge is 0.497 e. The van der Waals surface area contributed by atoms with Gasteiger partial charge in [-0.2, -0.15) is 4.98 Å². The summed E-state index contributed by atoms with van der Waals surface area (Å²) >= 11 is 0. The second kappa shape index (κ2) is 9.32. The van der Waals surface area contributed by atoms with Gasteiger partial charge in [0.1, 0.15) is 5.75 Å². The van der Waals surface area contributed by atoms with Crippen molar-refractivity contribution < 1.29 is 9.53 Å². The Morgan fingerprint density at radius 2 is 1.79 bits per heavy atom. The Morgan fingerprint density at radius 3 is 2.58 bits per heavy atom. The summed E-state index contributed by atoms with van der Waals surface area (Å²) in [6.45, 7) is 0. The summed E-state index contributed by atoms with van der Waals surface area (Å²) in [5.41, 5.74) is 4.13. The minimum absolute atomic E-state index is 0.0118. The van der Waals surface area contributed by atoms with E-state index in [0.717, 1.165) is 41.2 Å². The van der Waals surface area contributed by atoms with Crippen LogP contribution in [0, 0.1) is 0 Å². The number of rotatable bonds is 6. The molecule has 1 aliphatic carbocycles. The molecule has 0 atom stereocenters. The molecule has 2 aromatic carbocycles. The summed E-state index contributed by atoms with van der Waals surface area (Å²) in [6.07, 6.45) is 5.80. The highest BCUT2D eigenvalue weighted by atomic mass is 16.5. The molecule has 7 heteroatoms. The first-order chi connectivity index (χ1) is 16.2. The van der Waals surface area contributed by atoms with Gasteiger partial charge in [0.25, 0.3) is 5.91 Å². The van der Waals surface area contributed by atoms with Crippen LogP contribution < -0.4 is 15.4 Å². The van der Waals surface area contributed by atoms with E-state index in [4.69, 9.17) is 4.74 Å². The number of benzene rings is 2. The van der Waals surface area contributed by atoms with Crippen molar-refractivity contribution in [2.45, 2.75) is 38.1 Å². The summed E-state index contributed by atoms with van der Waals surface area (Å²) < 4.78 is 7.16. The molecule has 0 bridgehead atoms. The lowest BCUT2D eigenvalue weighted by atomic mass is 9.95. The fourth-order valence-electron chi connectivity index (χ4n) is 4.31. The Balaban J connectivity index is 1.32. The Kier molecular flexibility index (Phi) is 5.93. The summed E-state index contributed by atoms with van der Waals surface area (Å²) in [4.78, 5) is 17.2. The molecule has 0 radical (unpaired) electrons. The zero-order valence-corrected chi connectivity index (χ0v) is 18.6. The molecule has 0 saturated heterocycles. The third-order valence-electron chi connectivity index (χ3n) is 6.07. The van der Waals surface area contributed by atoms with E-state index in [9.17, 15) is 4.79 Å². The van der Waals surface area contributed by atoms with Crippen LogP contribution in [0.2, 0.25) is 0 Å². The highest BCUT2D eigenvalue weighted by molar-refractivity contribution is 5.94. The number of nitrogens with zero attached hydrogens (tertiary/aromatic N) is 3. The number of aromatic nitrogens is 3. The molecule has 1 saturated carbocycles. The number of hydrogen-bond acceptors (Lipinski definition) is 5. The number of ether oxygens (including phenoxy) is 1. The summed E-state index contributed by atoms with van der Waals surface area (Å²) in [5.74, 6) is 1.27. The van der Waals surface area contributed by atoms with Crippen molar-refractivity contribution in [1.82, 2.24) is 19.9 Å². The summed E-state index contributed by atoms with van der Waals surface area (Å²) in [5, 5.41) is 11.0. The van der Waals surface area contributed by atoms with Crippen molar-refractivity contribution in [2.24, 2.45) is 0 Å². The predicted molar refractivity (Wildman–Crippen MR) is 129 cm³/mol. The maximum absolute atomic E-state index is 12.5. The number of anilines is 2. The lowest BCUT2D eigenvalue weighted by molar-refractivity contribution is 0.0927. The molecule has 2 N–H and O–H groups in total. The van der Waals surface area contributed by atoms with E-state index in [0.29, 0.717) is 17.6 Å². The standard InChI is InChI=1S/C26H27N5O2/c1-33-22-10-5-7-19(17-22)23-11-6-12-24-29-26(30-31(23)24)28-21-15-13-18(14-16-21)25(32)27-20-8-3-2-4-9-20/h5-7,10-17,20H,2-4,8-9H2,1H3,(H,27,32)(H,28,30). The lowest BCUT2D eigenvalue weighted by Gasteiger charge is -2.22. The molecular weight excluding hydrogens is 414 g/mol. The van der Waals surface area contributed by atoms with E-state index in [1.165, 1.54) is 19.3 Å². The van der Waals surface area contributed by atoms with Crippen molar-refractivity contribution in [3.63, 3.8) is 0 Å². The number of methoxy groups -OCH3 is 1. The molecule has 33 heavy (non-hydrogen) atoms. The summed E-state index contributed by atoms with van der Waals surface area (Å²) in [7, 11) is 1.65. The van der Waals surface area contributed by atoms with Gasteiger partial charge in [0.15, 0.2) is 5.65 Å². The van der Waals surface area contributed by atoms with Crippen molar-refractivity contribution in [2.75, 3.05) is 12.4 Å². The van der Waals surface area contributed by atoms with Crippen molar-refractivity contribution in [3.8, 4) is 17.0 Å². The number of amides is 1. The van der Waals surface area contributed by atoms with Crippen LogP contribution in [0.15, 0.2) is 66.7 Å². The molecule has 0 spiro atoms. The molecule has 2 heterocycles. The minimum Gasteiger partial charge on any atom is -0.497 e. The van der Waals surface area contributed by atoms with Gasteiger partial charge in [-0.25, -0.2) is 4.52 Å². The van der Waals surface area contributed by atoms with Crippen LogP contribution in [0.5, 0.6) is 5.75 Å². The van der Waals surface area contributed by atoms with Gasteiger partial charge in [-0.15, -0.1) is 5.10 Å². The first kappa shape index (κ1) is 21.0. The molecule has 0 aliphatic heterocycles. The average Bonchev–Trinajstić information content (AvgIpc) is 3.27. The molecular formula is C26H27N5O2. The average molecular weight is 442 g/mol. The van der Waals surface area contributed by atoms with Crippen LogP contribution in [0.4, 0.5) is 11.6 Å². The zero-order chi connectivity index (χ0) is 22.6. The quantitative estimate of drug-likeness (QED) is 0.429. The van der Waals surface area contributed by atoms with E-state index < -0.39 is 0 Å². The van der Waals surface area contributed by atoms with E-state index in [1.807, 2.05) is 71.2 Å². The van der Waals surface area contributed by atoms with Crippen LogP contribution in [-0.4, -0.2) is 33.7 Å². The fourth-order valence-corrected chi connectivity index (χ4v) is 4.31. The van der Waals surface area contributed by atoms with Crippen molar-refractivity contribution >= 4 is 23.2 Å². The summed E-state index contributed by atoms with van der Waals surface area (Å²) in [6, 6.07) is 21.5. The number of carbonyl (C=O) groups is 1. The SMILES string of the molecule is COc1cccc(-c2cccc3nc(Nc4ccc(C(=O)NC5CCCCC5)cc4)nn23)c1. The predicted octanol–water partition coefficient (Wildman–Crippen LogP) is 5.21. The second-order valence-corrected chi connectivity index (χ2v) is 8.36. The molecule has 168 valence electrons. The molecule has 1 amide bonds. The van der Waals surface area contributed by atoms with Crippen LogP contribution in [-0.2, 0) is 0 Å². The van der Waals surface area contributed by atoms with Gasteiger partial charge in [-0.05, 0) is 61.4 Å². The van der Waals surface area contributed by atoms with Crippen molar-refractivity contribution in [1.29, 1.82) is 0 Å². The normalized spacial score (nSPS) is 14.2. The van der Waals surface area contributed by atoms with Crippen molar-refractivity contribution in [3.05, 3.63) is 72.3 Å². The topological polar surface area (TPSA) is 80.5 Å². The monoisotopic (exact) mass is 441 g/mol. The Labute approximate surface area is 192 Å². The van der Waals surface area contributed by atoms with E-state index in [1.54, 1.807) is 7.11 Å². The van der Waals surface area contributed by atoms with Gasteiger partial charge in [-0.1, -0.05) is 37.5 Å². The molecule has 1 aliphatic rings. The highest BCUT2D eigenvalue weighted by Crippen LogP contribution is 2.25. The van der Waals surface area contributed by atoms with E-state index in [2.05, 4.69) is 20.7 Å². The molecule has 2 aromatic heterocycles. The highest BCUT2D eigenvalue weighted by Gasteiger charge is 2.16. The maximum atomic E-state index is 12.5. The first-order valence-electron chi connectivity index (χ1n) is 11.4. The number of pyridine rings is 1. The molecule has 5 rings (SSSR count). The van der Waals surface area contributed by atoms with Crippen LogP contribution >= 0.6 is 0 Å². The van der Waals surface area contributed by atoms with Gasteiger partial charge in [-0.3, -0.25) is 4.79 Å². The van der Waals surface area contributed by atoms with Gasteiger partial charge < -0.3 is 15.4 Å². The first-order valence-corrected chi connectivity index (χ1v) is 11.4. The van der Waals surface area contributed by atoms with E-state index >= 15 is 0 Å². The van der Waals surface area contributed by atoms with Crippen LogP contribution in [0.25, 0.3) is 16.9 Å². The van der Waals surface area contributed by atoms with Gasteiger partial charge in [0.05, 0.1) is 12.8 Å². The Morgan fingerprint density at radius 1 is 1.00 bits per heavy atom. The third kappa shape index (κ3) is 4.67. The van der Waals surface area contributed by atoms with Gasteiger partial charge in [0.2, 0.25) is 5.95 Å². The molecule has 0 unspecified atom stereocenters. The minimum atomic E-state index is -0.0118. The van der Waals surface area contributed by atoms with E-state index in [-0.39, 0.29) is 5.91 Å². The number of nitrogens with one attached hydrogen (secondary N) is 2. The van der Waals surface area contributed by atoms with Gasteiger partial charge in [0, 0.05) is 22.9 Å². The van der Waals surface area contributed by atoms with Crippen LogP contribution in [0.3, 0.4) is 0 Å².